The van der Waals surface area contributed by atoms with Gasteiger partial charge in [-0.3, -0.25) is 0 Å². The molecule has 0 amide bonds. The number of aromatic carboxylic acids is 2. The number of carboxylic acid groups (broad SMARTS) is 2. The highest BCUT2D eigenvalue weighted by molar-refractivity contribution is 6.02. The topological polar surface area (TPSA) is 119 Å². The minimum absolute atomic E-state index is 0.0846. The fourth-order valence-electron chi connectivity index (χ4n) is 2.32. The molecule has 8 nitrogen and oxygen atoms in total. The summed E-state index contributed by atoms with van der Waals surface area (Å²) in [4.78, 5) is 44.0. The number of rotatable bonds is 8. The average Bonchev–Trinajstić information content (AvgIpc) is 2.61. The van der Waals surface area contributed by atoms with E-state index < -0.39 is 24.7 Å². The van der Waals surface area contributed by atoms with E-state index in [0.717, 1.165) is 5.56 Å². The van der Waals surface area contributed by atoms with Gasteiger partial charge in [-0.05, 0) is 37.6 Å². The maximum Gasteiger partial charge on any atom is 0.341 e. The van der Waals surface area contributed by atoms with Crippen molar-refractivity contribution in [2.45, 2.75) is 20.5 Å². The summed E-state index contributed by atoms with van der Waals surface area (Å²) < 4.78 is 4.83. The minimum Gasteiger partial charge on any atom is -0.478 e. The van der Waals surface area contributed by atoms with Crippen LogP contribution in [0.25, 0.3) is 0 Å². The molecule has 0 aliphatic heterocycles. The smallest absolute Gasteiger partial charge is 0.341 e. The summed E-state index contributed by atoms with van der Waals surface area (Å²) in [5.41, 5.74) is 1.68. The molecule has 2 aromatic rings. The summed E-state index contributed by atoms with van der Waals surface area (Å²) in [5.74, 6) is -3.22. The van der Waals surface area contributed by atoms with Crippen molar-refractivity contribution in [3.8, 4) is 0 Å². The van der Waals surface area contributed by atoms with Crippen LogP contribution in [0.5, 0.6) is 0 Å². The molecule has 27 heavy (non-hydrogen) atoms. The van der Waals surface area contributed by atoms with E-state index in [0.29, 0.717) is 11.1 Å². The number of benzene rings is 2. The van der Waals surface area contributed by atoms with Crippen LogP contribution < -0.4 is 0 Å². The van der Waals surface area contributed by atoms with Crippen LogP contribution in [-0.4, -0.2) is 34.9 Å². The molecule has 0 spiro atoms. The van der Waals surface area contributed by atoms with Gasteiger partial charge in [0.1, 0.15) is 6.61 Å². The number of ether oxygens (including phenoxy) is 1. The van der Waals surface area contributed by atoms with E-state index in [1.165, 1.54) is 18.2 Å². The molecule has 0 aliphatic carbocycles. The van der Waals surface area contributed by atoms with Crippen molar-refractivity contribution in [2.24, 2.45) is 0 Å². The first-order valence-electron chi connectivity index (χ1n) is 7.88. The Bertz CT molecular complexity index is 872. The lowest BCUT2D eigenvalue weighted by Crippen LogP contribution is -2.14. The second-order valence-electron chi connectivity index (χ2n) is 5.75. The molecular formula is C19H18O8. The molecule has 0 aliphatic rings. The maximum atomic E-state index is 12.0. The van der Waals surface area contributed by atoms with E-state index in [1.54, 1.807) is 32.0 Å². The van der Waals surface area contributed by atoms with Crippen LogP contribution >= 0.6 is 0 Å². The Kier molecular flexibility index (Phi) is 6.64. The molecule has 142 valence electrons. The maximum absolute atomic E-state index is 12.0. The molecule has 0 fully saturated rings. The highest BCUT2D eigenvalue weighted by atomic mass is 17.2. The Morgan fingerprint density at radius 2 is 1.41 bits per heavy atom. The summed E-state index contributed by atoms with van der Waals surface area (Å²) in [6.45, 7) is 2.73. The van der Waals surface area contributed by atoms with Gasteiger partial charge in [-0.25, -0.2) is 19.3 Å². The van der Waals surface area contributed by atoms with Gasteiger partial charge in [-0.15, -0.1) is 0 Å². The van der Waals surface area contributed by atoms with Crippen LogP contribution in [0.2, 0.25) is 0 Å². The number of carbonyl (C=O) groups excluding carboxylic acids is 1. The molecule has 0 heterocycles. The third-order valence-electron chi connectivity index (χ3n) is 3.66. The van der Waals surface area contributed by atoms with Gasteiger partial charge in [-0.1, -0.05) is 29.3 Å². The van der Waals surface area contributed by atoms with Gasteiger partial charge >= 0.3 is 17.9 Å². The van der Waals surface area contributed by atoms with Crippen LogP contribution in [0.4, 0.5) is 0 Å². The molecule has 0 saturated heterocycles. The van der Waals surface area contributed by atoms with Gasteiger partial charge in [0.15, 0.2) is 0 Å². The number of aryl methyl sites for hydroxylation is 2. The summed E-state index contributed by atoms with van der Waals surface area (Å²) in [6, 6.07) is 9.14. The average molecular weight is 374 g/mol. The second kappa shape index (κ2) is 8.93. The Labute approximate surface area is 154 Å². The zero-order chi connectivity index (χ0) is 20.0. The first kappa shape index (κ1) is 20.1. The van der Waals surface area contributed by atoms with Crippen LogP contribution in [0.1, 0.15) is 47.8 Å². The lowest BCUT2D eigenvalue weighted by Gasteiger charge is -2.09. The highest BCUT2D eigenvalue weighted by Crippen LogP contribution is 2.15. The van der Waals surface area contributed by atoms with Gasteiger partial charge in [0.05, 0.1) is 16.7 Å². The van der Waals surface area contributed by atoms with Crippen molar-refractivity contribution in [3.63, 3.8) is 0 Å². The Balaban J connectivity index is 1.89. The summed E-state index contributed by atoms with van der Waals surface area (Å²) >= 11 is 0. The standard InChI is InChI=1S/C19H18O8/c1-11-3-5-13(15(7-11)17(20)21)9-26-27-10-25-19(24)14-6-4-12(2)8-16(14)18(22)23/h3-8H,9-10H2,1-2H3,(H,20,21)(H,22,23). The van der Waals surface area contributed by atoms with Gasteiger partial charge in [0.2, 0.25) is 6.79 Å². The van der Waals surface area contributed by atoms with Crippen molar-refractivity contribution in [3.05, 3.63) is 69.8 Å². The molecule has 0 atom stereocenters. The van der Waals surface area contributed by atoms with Crippen molar-refractivity contribution >= 4 is 17.9 Å². The number of hydrogen-bond donors (Lipinski definition) is 2. The van der Waals surface area contributed by atoms with Crippen molar-refractivity contribution < 1.29 is 39.1 Å². The first-order valence-corrected chi connectivity index (χ1v) is 7.88. The zero-order valence-electron chi connectivity index (χ0n) is 14.7. The Hall–Kier alpha value is -3.23. The molecular weight excluding hydrogens is 356 g/mol. The van der Waals surface area contributed by atoms with Gasteiger partial charge in [-0.2, -0.15) is 4.89 Å². The van der Waals surface area contributed by atoms with E-state index in [2.05, 4.69) is 0 Å². The number of esters is 1. The number of carbonyl (C=O) groups is 3. The second-order valence-corrected chi connectivity index (χ2v) is 5.75. The molecule has 0 bridgehead atoms. The predicted octanol–water partition coefficient (Wildman–Crippen LogP) is 2.96. The van der Waals surface area contributed by atoms with Crippen LogP contribution in [0, 0.1) is 13.8 Å². The summed E-state index contributed by atoms with van der Waals surface area (Å²) in [6.07, 6.45) is 0. The lowest BCUT2D eigenvalue weighted by atomic mass is 10.0. The van der Waals surface area contributed by atoms with E-state index in [9.17, 15) is 14.4 Å². The lowest BCUT2D eigenvalue weighted by molar-refractivity contribution is -0.335. The molecule has 0 aromatic heterocycles. The monoisotopic (exact) mass is 374 g/mol. The van der Waals surface area contributed by atoms with E-state index in [4.69, 9.17) is 24.7 Å². The molecule has 0 unspecified atom stereocenters. The Morgan fingerprint density at radius 1 is 0.815 bits per heavy atom. The number of carboxylic acids is 2. The van der Waals surface area contributed by atoms with E-state index in [1.807, 2.05) is 0 Å². The molecule has 8 heteroatoms. The predicted molar refractivity (Wildman–Crippen MR) is 92.4 cm³/mol. The summed E-state index contributed by atoms with van der Waals surface area (Å²) in [5, 5.41) is 18.3. The molecule has 0 radical (unpaired) electrons. The molecule has 2 N–H and O–H groups in total. The van der Waals surface area contributed by atoms with Crippen LogP contribution in [-0.2, 0) is 21.1 Å². The fourth-order valence-corrected chi connectivity index (χ4v) is 2.32. The van der Waals surface area contributed by atoms with Gasteiger partial charge in [0, 0.05) is 0 Å². The fraction of sp³-hybridized carbons (Fsp3) is 0.211. The third-order valence-corrected chi connectivity index (χ3v) is 3.66. The van der Waals surface area contributed by atoms with Gasteiger partial charge in [0.25, 0.3) is 0 Å². The van der Waals surface area contributed by atoms with Gasteiger partial charge < -0.3 is 14.9 Å². The minimum atomic E-state index is -1.25. The molecule has 0 saturated carbocycles. The van der Waals surface area contributed by atoms with Crippen LogP contribution in [0.3, 0.4) is 0 Å². The Morgan fingerprint density at radius 3 is 2.04 bits per heavy atom. The summed E-state index contributed by atoms with van der Waals surface area (Å²) in [7, 11) is 0. The van der Waals surface area contributed by atoms with Crippen molar-refractivity contribution in [1.82, 2.24) is 0 Å². The van der Waals surface area contributed by atoms with Crippen molar-refractivity contribution in [1.29, 1.82) is 0 Å². The number of hydrogen-bond acceptors (Lipinski definition) is 6. The zero-order valence-corrected chi connectivity index (χ0v) is 14.7. The third kappa shape index (κ3) is 5.37. The molecule has 2 rings (SSSR count). The quantitative estimate of drug-likeness (QED) is 0.238. The van der Waals surface area contributed by atoms with E-state index in [-0.39, 0.29) is 23.3 Å². The van der Waals surface area contributed by atoms with Crippen molar-refractivity contribution in [2.75, 3.05) is 6.79 Å². The van der Waals surface area contributed by atoms with E-state index >= 15 is 0 Å². The first-order chi connectivity index (χ1) is 12.8. The largest absolute Gasteiger partial charge is 0.478 e. The van der Waals surface area contributed by atoms with Crippen LogP contribution in [0.15, 0.2) is 36.4 Å². The molecule has 2 aromatic carbocycles. The SMILES string of the molecule is Cc1ccc(COOCOC(=O)c2ccc(C)cc2C(=O)O)c(C(=O)O)c1. The normalized spacial score (nSPS) is 10.4. The highest BCUT2D eigenvalue weighted by Gasteiger charge is 2.18.